The molecule has 2 aromatic rings. The Bertz CT molecular complexity index is 645. The van der Waals surface area contributed by atoms with Gasteiger partial charge in [-0.15, -0.1) is 0 Å². The third-order valence-corrected chi connectivity index (χ3v) is 3.77. The van der Waals surface area contributed by atoms with Crippen LogP contribution >= 0.6 is 0 Å². The first kappa shape index (κ1) is 14.7. The van der Waals surface area contributed by atoms with Crippen LogP contribution in [0.25, 0.3) is 0 Å². The molecule has 114 valence electrons. The Morgan fingerprint density at radius 2 is 2.00 bits per heavy atom. The predicted molar refractivity (Wildman–Crippen MR) is 80.6 cm³/mol. The molecule has 1 aliphatic rings. The van der Waals surface area contributed by atoms with E-state index in [0.717, 1.165) is 16.7 Å². The van der Waals surface area contributed by atoms with Gasteiger partial charge < -0.3 is 4.74 Å². The number of fused-ring (bicyclic) bond motifs is 1. The Morgan fingerprint density at radius 1 is 1.27 bits per heavy atom. The predicted octanol–water partition coefficient (Wildman–Crippen LogP) is 2.33. The summed E-state index contributed by atoms with van der Waals surface area (Å²) in [6.07, 6.45) is 3.19. The molecule has 0 aliphatic carbocycles. The van der Waals surface area contributed by atoms with Crippen LogP contribution in [-0.2, 0) is 27.4 Å². The lowest BCUT2D eigenvalue weighted by Crippen LogP contribution is -2.40. The van der Waals surface area contributed by atoms with Gasteiger partial charge in [0.25, 0.3) is 5.91 Å². The van der Waals surface area contributed by atoms with Crippen LogP contribution in [0.5, 0.6) is 0 Å². The zero-order valence-corrected chi connectivity index (χ0v) is 12.4. The minimum Gasteiger partial charge on any atom is -0.363 e. The van der Waals surface area contributed by atoms with Crippen LogP contribution in [0.4, 0.5) is 0 Å². The Labute approximate surface area is 129 Å². The largest absolute Gasteiger partial charge is 0.363 e. The molecule has 0 saturated carbocycles. The van der Waals surface area contributed by atoms with Crippen molar-refractivity contribution in [3.05, 3.63) is 65.5 Å². The lowest BCUT2D eigenvalue weighted by atomic mass is 9.99. The number of hydrogen-bond acceptors (Lipinski definition) is 4. The second-order valence-corrected chi connectivity index (χ2v) is 5.28. The average Bonchev–Trinajstić information content (AvgIpc) is 2.59. The van der Waals surface area contributed by atoms with E-state index in [1.165, 1.54) is 0 Å². The zero-order valence-electron chi connectivity index (χ0n) is 12.4. The van der Waals surface area contributed by atoms with Crippen molar-refractivity contribution < 1.29 is 14.4 Å². The molecule has 0 fully saturated rings. The first-order valence-electron chi connectivity index (χ1n) is 7.28. The zero-order chi connectivity index (χ0) is 15.4. The maximum Gasteiger partial charge on any atom is 0.273 e. The molecule has 1 aromatic heterocycles. The molecular weight excluding hydrogens is 280 g/mol. The van der Waals surface area contributed by atoms with Crippen molar-refractivity contribution in [3.8, 4) is 0 Å². The lowest BCUT2D eigenvalue weighted by Gasteiger charge is -2.24. The van der Waals surface area contributed by atoms with E-state index in [1.54, 1.807) is 12.4 Å². The highest BCUT2D eigenvalue weighted by Gasteiger charge is 2.25. The van der Waals surface area contributed by atoms with Gasteiger partial charge in [-0.1, -0.05) is 24.3 Å². The summed E-state index contributed by atoms with van der Waals surface area (Å²) in [5.74, 6) is -0.254. The van der Waals surface area contributed by atoms with Gasteiger partial charge in [0.15, 0.2) is 0 Å². The van der Waals surface area contributed by atoms with E-state index in [9.17, 15) is 4.79 Å². The van der Waals surface area contributed by atoms with Gasteiger partial charge in [0, 0.05) is 18.8 Å². The van der Waals surface area contributed by atoms with Gasteiger partial charge in [-0.2, -0.15) is 0 Å². The number of aromatic nitrogens is 1. The summed E-state index contributed by atoms with van der Waals surface area (Å²) in [6, 6.07) is 11.7. The minimum absolute atomic E-state index is 0.247. The average molecular weight is 298 g/mol. The van der Waals surface area contributed by atoms with Gasteiger partial charge in [-0.05, 0) is 35.7 Å². The number of hydroxylamine groups is 1. The SMILES string of the molecule is C[C@H](ONC(=O)[C@@H]1Cc2ccccc2CO1)c1ccncc1. The molecule has 0 bridgehead atoms. The number of ether oxygens (including phenoxy) is 1. The fourth-order valence-electron chi connectivity index (χ4n) is 2.43. The Morgan fingerprint density at radius 3 is 2.77 bits per heavy atom. The van der Waals surface area contributed by atoms with Crippen molar-refractivity contribution in [3.63, 3.8) is 0 Å². The normalized spacial score (nSPS) is 18.3. The molecule has 1 aromatic carbocycles. The quantitative estimate of drug-likeness (QED) is 0.880. The standard InChI is InChI=1S/C17H18N2O3/c1-12(13-6-8-18-9-7-13)22-19-17(20)16-10-14-4-2-3-5-15(14)11-21-16/h2-9,12,16H,10-11H2,1H3,(H,19,20)/t12-,16-/m0/s1. The number of rotatable bonds is 4. The Hall–Kier alpha value is -2.24. The van der Waals surface area contributed by atoms with Crippen LogP contribution < -0.4 is 5.48 Å². The molecule has 1 amide bonds. The second-order valence-electron chi connectivity index (χ2n) is 5.28. The Balaban J connectivity index is 1.55. The highest BCUT2D eigenvalue weighted by Crippen LogP contribution is 2.20. The third kappa shape index (κ3) is 3.32. The van der Waals surface area contributed by atoms with Crippen LogP contribution in [0.3, 0.4) is 0 Å². The van der Waals surface area contributed by atoms with Crippen LogP contribution in [-0.4, -0.2) is 17.0 Å². The first-order chi connectivity index (χ1) is 10.7. The first-order valence-corrected chi connectivity index (χ1v) is 7.28. The fourth-order valence-corrected chi connectivity index (χ4v) is 2.43. The van der Waals surface area contributed by atoms with Crippen molar-refractivity contribution in [2.45, 2.75) is 32.2 Å². The molecule has 1 aliphatic heterocycles. The smallest absolute Gasteiger partial charge is 0.273 e. The summed E-state index contributed by atoms with van der Waals surface area (Å²) in [6.45, 7) is 2.32. The van der Waals surface area contributed by atoms with E-state index >= 15 is 0 Å². The number of amides is 1. The number of nitrogens with zero attached hydrogens (tertiary/aromatic N) is 1. The summed E-state index contributed by atoms with van der Waals surface area (Å²) in [5.41, 5.74) is 5.73. The van der Waals surface area contributed by atoms with Crippen LogP contribution in [0, 0.1) is 0 Å². The van der Waals surface area contributed by atoms with Crippen molar-refractivity contribution >= 4 is 5.91 Å². The van der Waals surface area contributed by atoms with Crippen molar-refractivity contribution in [1.82, 2.24) is 10.5 Å². The minimum atomic E-state index is -0.514. The monoisotopic (exact) mass is 298 g/mol. The van der Waals surface area contributed by atoms with Gasteiger partial charge in [0.1, 0.15) is 12.2 Å². The number of carbonyl (C=O) groups is 1. The number of benzene rings is 1. The summed E-state index contributed by atoms with van der Waals surface area (Å²) in [7, 11) is 0. The van der Waals surface area contributed by atoms with E-state index in [0.29, 0.717) is 13.0 Å². The number of carbonyl (C=O) groups excluding carboxylic acids is 1. The van der Waals surface area contributed by atoms with Crippen LogP contribution in [0.2, 0.25) is 0 Å². The lowest BCUT2D eigenvalue weighted by molar-refractivity contribution is -0.151. The number of pyridine rings is 1. The maximum absolute atomic E-state index is 12.2. The molecule has 0 saturated heterocycles. The summed E-state index contributed by atoms with van der Waals surface area (Å²) < 4.78 is 5.60. The maximum atomic E-state index is 12.2. The van der Waals surface area contributed by atoms with E-state index in [2.05, 4.69) is 10.5 Å². The van der Waals surface area contributed by atoms with Crippen molar-refractivity contribution in [2.75, 3.05) is 0 Å². The van der Waals surface area contributed by atoms with Crippen molar-refractivity contribution in [1.29, 1.82) is 0 Å². The highest BCUT2D eigenvalue weighted by molar-refractivity contribution is 5.80. The molecule has 2 heterocycles. The van der Waals surface area contributed by atoms with Gasteiger partial charge in [-0.25, -0.2) is 5.48 Å². The molecular formula is C17H18N2O3. The molecule has 5 heteroatoms. The van der Waals surface area contributed by atoms with Crippen LogP contribution in [0.15, 0.2) is 48.8 Å². The molecule has 0 unspecified atom stereocenters. The number of nitrogens with one attached hydrogen (secondary N) is 1. The van der Waals surface area contributed by atoms with Gasteiger partial charge in [0.2, 0.25) is 0 Å². The van der Waals surface area contributed by atoms with Gasteiger partial charge in [-0.3, -0.25) is 14.6 Å². The van der Waals surface area contributed by atoms with Gasteiger partial charge >= 0.3 is 0 Å². The molecule has 5 nitrogen and oxygen atoms in total. The molecule has 0 spiro atoms. The molecule has 1 N–H and O–H groups in total. The van der Waals surface area contributed by atoms with Gasteiger partial charge in [0.05, 0.1) is 6.61 Å². The fraction of sp³-hybridized carbons (Fsp3) is 0.294. The number of hydrogen-bond donors (Lipinski definition) is 1. The van der Waals surface area contributed by atoms with Crippen molar-refractivity contribution in [2.24, 2.45) is 0 Å². The molecule has 2 atom stereocenters. The van der Waals surface area contributed by atoms with E-state index < -0.39 is 6.10 Å². The van der Waals surface area contributed by atoms with E-state index in [4.69, 9.17) is 9.57 Å². The summed E-state index contributed by atoms with van der Waals surface area (Å²) >= 11 is 0. The summed E-state index contributed by atoms with van der Waals surface area (Å²) in [4.78, 5) is 21.5. The highest BCUT2D eigenvalue weighted by atomic mass is 16.7. The van der Waals surface area contributed by atoms with E-state index in [-0.39, 0.29) is 12.0 Å². The topological polar surface area (TPSA) is 60.5 Å². The van der Waals surface area contributed by atoms with E-state index in [1.807, 2.05) is 43.3 Å². The second kappa shape index (κ2) is 6.68. The molecule has 0 radical (unpaired) electrons. The molecule has 22 heavy (non-hydrogen) atoms. The van der Waals surface area contributed by atoms with Crippen LogP contribution in [0.1, 0.15) is 29.7 Å². The molecule has 3 rings (SSSR count). The summed E-state index contributed by atoms with van der Waals surface area (Å²) in [5, 5.41) is 0. The third-order valence-electron chi connectivity index (χ3n) is 3.77. The Kier molecular flexibility index (Phi) is 4.46.